The van der Waals surface area contributed by atoms with Crippen molar-refractivity contribution in [3.05, 3.63) is 46.9 Å². The standard InChI is InChI=1S/C19H25N7O/c1-24-10-12-25(13-11-24)9-5-8-20-18-22-19-21-14-16(17(27)26(19)23-18)15-6-3-2-4-7-15/h2-4,6-7,14H,5,8-13H2,1H3,(H2,20,21,22,23). The summed E-state index contributed by atoms with van der Waals surface area (Å²) >= 11 is 0. The molecule has 0 amide bonds. The number of hydrogen-bond donors (Lipinski definition) is 2. The Morgan fingerprint density at radius 2 is 1.93 bits per heavy atom. The van der Waals surface area contributed by atoms with Gasteiger partial charge >= 0.3 is 0 Å². The lowest BCUT2D eigenvalue weighted by molar-refractivity contribution is 0.154. The van der Waals surface area contributed by atoms with Crippen LogP contribution in [-0.2, 0) is 0 Å². The van der Waals surface area contributed by atoms with E-state index in [1.807, 2.05) is 30.3 Å². The fourth-order valence-electron chi connectivity index (χ4n) is 3.33. The van der Waals surface area contributed by atoms with E-state index in [0.717, 1.165) is 51.3 Å². The molecule has 1 saturated heterocycles. The molecular formula is C19H25N7O. The molecule has 1 aromatic carbocycles. The molecule has 0 spiro atoms. The Hall–Kier alpha value is -2.71. The number of fused-ring (bicyclic) bond motifs is 1. The van der Waals surface area contributed by atoms with E-state index < -0.39 is 0 Å². The fraction of sp³-hybridized carbons (Fsp3) is 0.421. The zero-order chi connectivity index (χ0) is 18.6. The van der Waals surface area contributed by atoms with Gasteiger partial charge in [0, 0.05) is 38.9 Å². The first-order valence-electron chi connectivity index (χ1n) is 9.39. The number of nitrogens with one attached hydrogen (secondary N) is 2. The molecule has 8 nitrogen and oxygen atoms in total. The molecule has 0 unspecified atom stereocenters. The van der Waals surface area contributed by atoms with E-state index in [-0.39, 0.29) is 5.56 Å². The molecule has 27 heavy (non-hydrogen) atoms. The lowest BCUT2D eigenvalue weighted by atomic mass is 10.1. The third-order valence-electron chi connectivity index (χ3n) is 5.00. The molecule has 4 rings (SSSR count). The summed E-state index contributed by atoms with van der Waals surface area (Å²) in [6.45, 7) is 6.39. The molecule has 1 fully saturated rings. The highest BCUT2D eigenvalue weighted by molar-refractivity contribution is 5.62. The molecule has 3 aromatic rings. The average Bonchev–Trinajstić information content (AvgIpc) is 3.12. The van der Waals surface area contributed by atoms with E-state index in [1.54, 1.807) is 6.20 Å². The predicted octanol–water partition coefficient (Wildman–Crippen LogP) is 1.13. The van der Waals surface area contributed by atoms with Crippen molar-refractivity contribution in [2.24, 2.45) is 0 Å². The maximum atomic E-state index is 12.7. The average molecular weight is 367 g/mol. The van der Waals surface area contributed by atoms with Crippen molar-refractivity contribution >= 4 is 11.7 Å². The van der Waals surface area contributed by atoms with E-state index in [1.165, 1.54) is 4.52 Å². The Bertz CT molecular complexity index is 942. The molecule has 0 saturated carbocycles. The van der Waals surface area contributed by atoms with Crippen LogP contribution in [0.1, 0.15) is 6.42 Å². The molecule has 0 aliphatic carbocycles. The number of nitrogens with zero attached hydrogens (tertiary/aromatic N) is 5. The zero-order valence-corrected chi connectivity index (χ0v) is 15.6. The number of H-pyrrole nitrogens is 1. The topological polar surface area (TPSA) is 81.6 Å². The maximum absolute atomic E-state index is 12.7. The van der Waals surface area contributed by atoms with Gasteiger partial charge in [-0.3, -0.25) is 9.89 Å². The van der Waals surface area contributed by atoms with Gasteiger partial charge < -0.3 is 15.1 Å². The Labute approximate surface area is 157 Å². The van der Waals surface area contributed by atoms with Gasteiger partial charge in [-0.05, 0) is 25.6 Å². The number of aromatic nitrogens is 4. The highest BCUT2D eigenvalue weighted by Crippen LogP contribution is 2.14. The second kappa shape index (κ2) is 7.89. The van der Waals surface area contributed by atoms with Crippen LogP contribution in [0.5, 0.6) is 0 Å². The van der Waals surface area contributed by atoms with Gasteiger partial charge in [0.15, 0.2) is 0 Å². The number of piperazine rings is 1. The molecule has 1 aliphatic heterocycles. The van der Waals surface area contributed by atoms with Gasteiger partial charge in [0.2, 0.25) is 5.95 Å². The molecule has 1 aliphatic rings. The summed E-state index contributed by atoms with van der Waals surface area (Å²) in [6.07, 6.45) is 2.61. The van der Waals surface area contributed by atoms with Gasteiger partial charge in [-0.2, -0.15) is 9.50 Å². The van der Waals surface area contributed by atoms with E-state index in [2.05, 4.69) is 37.2 Å². The van der Waals surface area contributed by atoms with E-state index in [9.17, 15) is 4.79 Å². The molecule has 3 heterocycles. The first-order valence-corrected chi connectivity index (χ1v) is 9.39. The number of hydrogen-bond acceptors (Lipinski definition) is 6. The monoisotopic (exact) mass is 367 g/mol. The van der Waals surface area contributed by atoms with Crippen molar-refractivity contribution < 1.29 is 0 Å². The third kappa shape index (κ3) is 4.01. The summed E-state index contributed by atoms with van der Waals surface area (Å²) in [7, 11) is 2.17. The van der Waals surface area contributed by atoms with Gasteiger partial charge in [0.1, 0.15) is 0 Å². The minimum Gasteiger partial charge on any atom is -0.355 e. The van der Waals surface area contributed by atoms with E-state index in [4.69, 9.17) is 0 Å². The van der Waals surface area contributed by atoms with Crippen LogP contribution >= 0.6 is 0 Å². The summed E-state index contributed by atoms with van der Waals surface area (Å²) in [6, 6.07) is 9.54. The van der Waals surface area contributed by atoms with E-state index >= 15 is 0 Å². The molecule has 0 bridgehead atoms. The van der Waals surface area contributed by atoms with Crippen LogP contribution in [0.4, 0.5) is 5.95 Å². The summed E-state index contributed by atoms with van der Waals surface area (Å²) < 4.78 is 1.39. The quantitative estimate of drug-likeness (QED) is 0.636. The van der Waals surface area contributed by atoms with Crippen LogP contribution in [0.25, 0.3) is 16.9 Å². The minimum atomic E-state index is -0.149. The van der Waals surface area contributed by atoms with Gasteiger partial charge in [-0.1, -0.05) is 30.3 Å². The predicted molar refractivity (Wildman–Crippen MR) is 106 cm³/mol. The summed E-state index contributed by atoms with van der Waals surface area (Å²) in [5.74, 6) is 0.949. The first kappa shape index (κ1) is 17.7. The number of rotatable bonds is 6. The van der Waals surface area contributed by atoms with Crippen molar-refractivity contribution in [2.75, 3.05) is 51.6 Å². The second-order valence-corrected chi connectivity index (χ2v) is 6.98. The first-order chi connectivity index (χ1) is 13.2. The Morgan fingerprint density at radius 1 is 1.15 bits per heavy atom. The number of aromatic amines is 1. The number of likely N-dealkylation sites (N-methyl/N-ethyl adjacent to an activating group) is 1. The molecule has 0 atom stereocenters. The van der Waals surface area contributed by atoms with Crippen molar-refractivity contribution in [1.82, 2.24) is 29.4 Å². The van der Waals surface area contributed by atoms with E-state index in [0.29, 0.717) is 17.3 Å². The van der Waals surface area contributed by atoms with Crippen LogP contribution in [0, 0.1) is 0 Å². The molecule has 2 N–H and O–H groups in total. The lowest BCUT2D eigenvalue weighted by Crippen LogP contribution is -2.44. The number of anilines is 1. The van der Waals surface area contributed by atoms with Gasteiger partial charge in [0.05, 0.1) is 5.56 Å². The molecule has 2 aromatic heterocycles. The zero-order valence-electron chi connectivity index (χ0n) is 15.6. The van der Waals surface area contributed by atoms with Crippen molar-refractivity contribution in [1.29, 1.82) is 0 Å². The highest BCUT2D eigenvalue weighted by atomic mass is 16.1. The molecule has 8 heteroatoms. The third-order valence-corrected chi connectivity index (χ3v) is 5.00. The van der Waals surface area contributed by atoms with Crippen LogP contribution in [0.2, 0.25) is 0 Å². The number of benzene rings is 1. The molecule has 0 radical (unpaired) electrons. The van der Waals surface area contributed by atoms with Crippen LogP contribution in [0.3, 0.4) is 0 Å². The lowest BCUT2D eigenvalue weighted by Gasteiger charge is -2.32. The van der Waals surface area contributed by atoms with Crippen molar-refractivity contribution in [3.63, 3.8) is 0 Å². The van der Waals surface area contributed by atoms with Crippen LogP contribution in [-0.4, -0.2) is 75.7 Å². The maximum Gasteiger partial charge on any atom is 0.281 e. The molecular weight excluding hydrogens is 342 g/mol. The van der Waals surface area contributed by atoms with Crippen LogP contribution in [0.15, 0.2) is 41.3 Å². The Balaban J connectivity index is 1.39. The smallest absolute Gasteiger partial charge is 0.281 e. The second-order valence-electron chi connectivity index (χ2n) is 6.98. The fourth-order valence-corrected chi connectivity index (χ4v) is 3.33. The minimum absolute atomic E-state index is 0.149. The summed E-state index contributed by atoms with van der Waals surface area (Å²) in [5, 5.41) is 6.28. The Kier molecular flexibility index (Phi) is 5.17. The molecule has 142 valence electrons. The SMILES string of the molecule is CN1CCN(CCCNc2nc3ncc(-c4ccccc4)c(=O)n3[nH]2)CC1. The summed E-state index contributed by atoms with van der Waals surface area (Å²) in [5.41, 5.74) is 1.25. The van der Waals surface area contributed by atoms with Crippen molar-refractivity contribution in [2.45, 2.75) is 6.42 Å². The van der Waals surface area contributed by atoms with Gasteiger partial charge in [0.25, 0.3) is 11.3 Å². The Morgan fingerprint density at radius 3 is 2.70 bits per heavy atom. The summed E-state index contributed by atoms with van der Waals surface area (Å²) in [4.78, 5) is 26.2. The van der Waals surface area contributed by atoms with Gasteiger partial charge in [-0.15, -0.1) is 0 Å². The van der Waals surface area contributed by atoms with Gasteiger partial charge in [-0.25, -0.2) is 4.98 Å². The van der Waals surface area contributed by atoms with Crippen molar-refractivity contribution in [3.8, 4) is 11.1 Å². The largest absolute Gasteiger partial charge is 0.355 e. The van der Waals surface area contributed by atoms with Crippen LogP contribution < -0.4 is 10.9 Å². The highest BCUT2D eigenvalue weighted by Gasteiger charge is 2.13. The normalized spacial score (nSPS) is 16.0.